The fourth-order valence-electron chi connectivity index (χ4n) is 2.58. The number of carbonyl (C=O) groups is 1. The first-order valence-electron chi connectivity index (χ1n) is 7.70. The van der Waals surface area contributed by atoms with Gasteiger partial charge in [0.2, 0.25) is 0 Å². The molecule has 0 radical (unpaired) electrons. The summed E-state index contributed by atoms with van der Waals surface area (Å²) in [6.07, 6.45) is 0.841. The van der Waals surface area contributed by atoms with Crippen molar-refractivity contribution in [2.45, 2.75) is 33.7 Å². The van der Waals surface area contributed by atoms with Crippen LogP contribution in [0.3, 0.4) is 0 Å². The van der Waals surface area contributed by atoms with Gasteiger partial charge >= 0.3 is 0 Å². The Hall–Kier alpha value is -2.34. The summed E-state index contributed by atoms with van der Waals surface area (Å²) in [5, 5.41) is 0.547. The van der Waals surface area contributed by atoms with Gasteiger partial charge in [0.1, 0.15) is 16.5 Å². The number of hydrogen-bond acceptors (Lipinski definition) is 4. The molecule has 2 aromatic heterocycles. The van der Waals surface area contributed by atoms with Crippen molar-refractivity contribution in [3.8, 4) is 0 Å². The number of carbonyl (C=O) groups excluding carboxylic acids is 1. The van der Waals surface area contributed by atoms with E-state index in [1.807, 2.05) is 13.0 Å². The lowest BCUT2D eigenvalue weighted by atomic mass is 10.1. The highest BCUT2D eigenvalue weighted by Crippen LogP contribution is 2.22. The monoisotopic (exact) mass is 344 g/mol. The Morgan fingerprint density at radius 3 is 2.71 bits per heavy atom. The number of ketones is 1. The van der Waals surface area contributed by atoms with E-state index in [0.717, 1.165) is 11.3 Å². The highest BCUT2D eigenvalue weighted by Gasteiger charge is 2.15. The number of nitrogens with zero attached hydrogens (tertiary/aromatic N) is 2. The Labute approximate surface area is 142 Å². The highest BCUT2D eigenvalue weighted by atomic mass is 32.1. The average molecular weight is 344 g/mol. The van der Waals surface area contributed by atoms with Gasteiger partial charge in [-0.05, 0) is 50.1 Å². The van der Waals surface area contributed by atoms with E-state index < -0.39 is 0 Å². The van der Waals surface area contributed by atoms with Crippen LogP contribution in [-0.2, 0) is 13.0 Å². The maximum Gasteiger partial charge on any atom is 0.262 e. The fraction of sp³-hybridized carbons (Fsp3) is 0.278. The molecule has 6 heteroatoms. The quantitative estimate of drug-likeness (QED) is 0.679. The summed E-state index contributed by atoms with van der Waals surface area (Å²) in [6, 6.07) is 6.06. The van der Waals surface area contributed by atoms with E-state index in [0.29, 0.717) is 27.2 Å². The molecule has 0 bridgehead atoms. The third-order valence-corrected chi connectivity index (χ3v) is 5.20. The van der Waals surface area contributed by atoms with Crippen molar-refractivity contribution in [2.75, 3.05) is 0 Å². The number of rotatable bonds is 4. The van der Waals surface area contributed by atoms with Crippen molar-refractivity contribution in [1.29, 1.82) is 0 Å². The molecule has 0 atom stereocenters. The smallest absolute Gasteiger partial charge is 0.262 e. The van der Waals surface area contributed by atoms with Gasteiger partial charge in [0.25, 0.3) is 5.56 Å². The van der Waals surface area contributed by atoms with Crippen molar-refractivity contribution in [2.24, 2.45) is 0 Å². The molecule has 3 aromatic rings. The number of aromatic nitrogens is 2. The van der Waals surface area contributed by atoms with Crippen molar-refractivity contribution in [3.63, 3.8) is 0 Å². The molecule has 3 rings (SSSR count). The summed E-state index contributed by atoms with van der Waals surface area (Å²) in [7, 11) is 0. The van der Waals surface area contributed by atoms with Gasteiger partial charge in [0.15, 0.2) is 5.78 Å². The van der Waals surface area contributed by atoms with Crippen LogP contribution in [0.25, 0.3) is 10.2 Å². The fourth-order valence-corrected chi connectivity index (χ4v) is 3.58. The molecule has 1 aromatic carbocycles. The van der Waals surface area contributed by atoms with Crippen molar-refractivity contribution < 1.29 is 9.18 Å². The molecule has 24 heavy (non-hydrogen) atoms. The van der Waals surface area contributed by atoms with E-state index in [4.69, 9.17) is 0 Å². The van der Waals surface area contributed by atoms with Crippen LogP contribution in [0, 0.1) is 19.7 Å². The van der Waals surface area contributed by atoms with Crippen LogP contribution in [0.5, 0.6) is 0 Å². The predicted molar refractivity (Wildman–Crippen MR) is 93.5 cm³/mol. The lowest BCUT2D eigenvalue weighted by Crippen LogP contribution is -2.27. The zero-order valence-corrected chi connectivity index (χ0v) is 14.5. The number of halogens is 1. The zero-order valence-electron chi connectivity index (χ0n) is 13.7. The maximum atomic E-state index is 13.4. The van der Waals surface area contributed by atoms with Gasteiger partial charge < -0.3 is 0 Å². The van der Waals surface area contributed by atoms with Gasteiger partial charge in [-0.25, -0.2) is 9.37 Å². The van der Waals surface area contributed by atoms with E-state index in [1.54, 1.807) is 13.8 Å². The average Bonchev–Trinajstić information content (AvgIpc) is 2.97. The topological polar surface area (TPSA) is 52.0 Å². The molecule has 0 fully saturated rings. The second kappa shape index (κ2) is 6.28. The lowest BCUT2D eigenvalue weighted by Gasteiger charge is -2.09. The number of fused-ring (bicyclic) bond motifs is 1. The molecule has 0 amide bonds. The van der Waals surface area contributed by atoms with Gasteiger partial charge in [0, 0.05) is 10.4 Å². The van der Waals surface area contributed by atoms with Crippen LogP contribution < -0.4 is 5.56 Å². The Balaban J connectivity index is 2.01. The minimum absolute atomic E-state index is 0.101. The second-order valence-electron chi connectivity index (χ2n) is 5.72. The first-order chi connectivity index (χ1) is 11.4. The van der Waals surface area contributed by atoms with E-state index >= 15 is 0 Å². The van der Waals surface area contributed by atoms with Crippen molar-refractivity contribution >= 4 is 27.3 Å². The van der Waals surface area contributed by atoms with Crippen LogP contribution in [0.2, 0.25) is 0 Å². The minimum Gasteiger partial charge on any atom is -0.292 e. The van der Waals surface area contributed by atoms with E-state index in [9.17, 15) is 14.0 Å². The number of benzene rings is 1. The molecule has 2 heterocycles. The molecule has 0 N–H and O–H groups in total. The zero-order chi connectivity index (χ0) is 17.4. The van der Waals surface area contributed by atoms with Crippen molar-refractivity contribution in [3.05, 3.63) is 62.3 Å². The summed E-state index contributed by atoms with van der Waals surface area (Å²) < 4.78 is 14.7. The minimum atomic E-state index is -0.353. The molecule has 0 aliphatic heterocycles. The Bertz CT molecular complexity index is 1000. The van der Waals surface area contributed by atoms with E-state index in [2.05, 4.69) is 4.98 Å². The normalized spacial score (nSPS) is 11.2. The summed E-state index contributed by atoms with van der Waals surface area (Å²) in [4.78, 5) is 31.4. The third kappa shape index (κ3) is 2.89. The van der Waals surface area contributed by atoms with Crippen LogP contribution in [0.15, 0.2) is 29.1 Å². The standard InChI is InChI=1S/C18H17FN2O2S/c1-4-13-8-14-17(24-13)20-11(3)21(18(14)23)9-16(22)12-5-6-15(19)10(2)7-12/h5-8H,4,9H2,1-3H3. The SMILES string of the molecule is CCc1cc2c(=O)n(CC(=O)c3ccc(F)c(C)c3)c(C)nc2s1. The summed E-state index contributed by atoms with van der Waals surface area (Å²) in [5.74, 6) is -0.0899. The number of thiophene rings is 1. The summed E-state index contributed by atoms with van der Waals surface area (Å²) in [5.41, 5.74) is 0.587. The Morgan fingerprint density at radius 1 is 1.29 bits per heavy atom. The van der Waals surface area contributed by atoms with Crippen LogP contribution in [0.4, 0.5) is 4.39 Å². The molecule has 0 unspecified atom stereocenters. The van der Waals surface area contributed by atoms with Gasteiger partial charge in [0.05, 0.1) is 11.9 Å². The molecule has 0 aliphatic carbocycles. The number of Topliss-reactive ketones (excluding diaryl/α,β-unsaturated/α-hetero) is 1. The molecular weight excluding hydrogens is 327 g/mol. The molecule has 4 nitrogen and oxygen atoms in total. The van der Waals surface area contributed by atoms with Crippen LogP contribution in [0.1, 0.15) is 33.5 Å². The first-order valence-corrected chi connectivity index (χ1v) is 8.51. The highest BCUT2D eigenvalue weighted by molar-refractivity contribution is 7.18. The maximum absolute atomic E-state index is 13.4. The second-order valence-corrected chi connectivity index (χ2v) is 6.84. The van der Waals surface area contributed by atoms with Crippen molar-refractivity contribution in [1.82, 2.24) is 9.55 Å². The van der Waals surface area contributed by atoms with Gasteiger partial charge in [-0.1, -0.05) is 6.92 Å². The number of aryl methyl sites for hydroxylation is 3. The Morgan fingerprint density at radius 2 is 2.04 bits per heavy atom. The molecule has 0 aliphatic rings. The largest absolute Gasteiger partial charge is 0.292 e. The lowest BCUT2D eigenvalue weighted by molar-refractivity contribution is 0.0969. The predicted octanol–water partition coefficient (Wildman–Crippen LogP) is 3.66. The van der Waals surface area contributed by atoms with Gasteiger partial charge in [-0.2, -0.15) is 0 Å². The number of hydrogen-bond donors (Lipinski definition) is 0. The van der Waals surface area contributed by atoms with Crippen LogP contribution >= 0.6 is 11.3 Å². The third-order valence-electron chi connectivity index (χ3n) is 4.02. The van der Waals surface area contributed by atoms with E-state index in [-0.39, 0.29) is 23.7 Å². The van der Waals surface area contributed by atoms with Gasteiger partial charge in [-0.3, -0.25) is 14.2 Å². The van der Waals surface area contributed by atoms with E-state index in [1.165, 1.54) is 34.1 Å². The molecule has 0 saturated carbocycles. The molecule has 0 saturated heterocycles. The molecule has 0 spiro atoms. The van der Waals surface area contributed by atoms with Crippen LogP contribution in [-0.4, -0.2) is 15.3 Å². The van der Waals surface area contributed by atoms with Gasteiger partial charge in [-0.15, -0.1) is 11.3 Å². The summed E-state index contributed by atoms with van der Waals surface area (Å²) >= 11 is 1.50. The molecular formula is C18H17FN2O2S. The first kappa shape index (κ1) is 16.5. The summed E-state index contributed by atoms with van der Waals surface area (Å²) in [6.45, 7) is 5.25. The Kier molecular flexibility index (Phi) is 4.32. The molecule has 124 valence electrons.